The SMILES string of the molecule is Clc1ccc2nsnc2c1NC1=NCCN1.OC(CCN1CCCCC1)(c1ccccc1)c1ccccc1. The molecular formula is C29H33ClN6OS. The number of anilines is 1. The molecule has 9 heteroatoms. The summed E-state index contributed by atoms with van der Waals surface area (Å²) in [7, 11) is 0. The van der Waals surface area contributed by atoms with E-state index in [0.717, 1.165) is 59.9 Å². The zero-order valence-electron chi connectivity index (χ0n) is 21.3. The van der Waals surface area contributed by atoms with Crippen molar-refractivity contribution in [2.75, 3.05) is 38.0 Å². The number of aliphatic imine (C=N–C) groups is 1. The predicted molar refractivity (Wildman–Crippen MR) is 157 cm³/mol. The van der Waals surface area contributed by atoms with Crippen LogP contribution in [-0.4, -0.2) is 57.4 Å². The molecule has 0 saturated carbocycles. The van der Waals surface area contributed by atoms with Crippen LogP contribution >= 0.6 is 23.3 Å². The van der Waals surface area contributed by atoms with Crippen LogP contribution in [0, 0.1) is 0 Å². The fourth-order valence-corrected chi connectivity index (χ4v) is 5.67. The maximum absolute atomic E-state index is 11.5. The molecule has 0 bridgehead atoms. The van der Waals surface area contributed by atoms with Crippen molar-refractivity contribution in [3.63, 3.8) is 0 Å². The number of nitrogens with one attached hydrogen (secondary N) is 2. The molecule has 0 radical (unpaired) electrons. The summed E-state index contributed by atoms with van der Waals surface area (Å²) in [5, 5.41) is 18.4. The van der Waals surface area contributed by atoms with Gasteiger partial charge >= 0.3 is 0 Å². The number of hydrogen-bond acceptors (Lipinski definition) is 8. The molecule has 1 saturated heterocycles. The van der Waals surface area contributed by atoms with Crippen molar-refractivity contribution >= 4 is 46.0 Å². The smallest absolute Gasteiger partial charge is 0.196 e. The summed E-state index contributed by atoms with van der Waals surface area (Å²) in [5.41, 5.74) is 3.46. The van der Waals surface area contributed by atoms with Crippen LogP contribution in [0.5, 0.6) is 0 Å². The van der Waals surface area contributed by atoms with Crippen LogP contribution in [0.15, 0.2) is 77.8 Å². The summed E-state index contributed by atoms with van der Waals surface area (Å²) in [6.07, 6.45) is 4.66. The van der Waals surface area contributed by atoms with E-state index in [-0.39, 0.29) is 0 Å². The van der Waals surface area contributed by atoms with Gasteiger partial charge in [-0.2, -0.15) is 8.75 Å². The highest BCUT2D eigenvalue weighted by Gasteiger charge is 2.31. The highest BCUT2D eigenvalue weighted by Crippen LogP contribution is 2.33. The van der Waals surface area contributed by atoms with Crippen molar-refractivity contribution in [3.8, 4) is 0 Å². The number of rotatable bonds is 6. The third-order valence-electron chi connectivity index (χ3n) is 7.04. The number of piperidine rings is 1. The molecule has 3 heterocycles. The molecule has 3 N–H and O–H groups in total. The lowest BCUT2D eigenvalue weighted by Crippen LogP contribution is -2.36. The molecule has 2 aliphatic heterocycles. The molecule has 0 atom stereocenters. The van der Waals surface area contributed by atoms with Crippen molar-refractivity contribution in [2.45, 2.75) is 31.3 Å². The highest BCUT2D eigenvalue weighted by atomic mass is 35.5. The third kappa shape index (κ3) is 6.32. The van der Waals surface area contributed by atoms with Gasteiger partial charge in [-0.15, -0.1) is 0 Å². The van der Waals surface area contributed by atoms with E-state index in [1.165, 1.54) is 44.1 Å². The largest absolute Gasteiger partial charge is 0.380 e. The number of hydrogen-bond donors (Lipinski definition) is 3. The van der Waals surface area contributed by atoms with E-state index in [2.05, 4.69) is 29.3 Å². The van der Waals surface area contributed by atoms with Gasteiger partial charge in [-0.05, 0) is 55.6 Å². The minimum Gasteiger partial charge on any atom is -0.380 e. The van der Waals surface area contributed by atoms with Crippen LogP contribution in [0.2, 0.25) is 5.02 Å². The normalized spacial score (nSPS) is 15.9. The molecule has 1 fully saturated rings. The Morgan fingerprint density at radius 3 is 2.24 bits per heavy atom. The third-order valence-corrected chi connectivity index (χ3v) is 7.89. The number of guanidine groups is 1. The van der Waals surface area contributed by atoms with Crippen molar-refractivity contribution in [1.29, 1.82) is 0 Å². The Bertz CT molecular complexity index is 1300. The van der Waals surface area contributed by atoms with Gasteiger partial charge in [0.15, 0.2) is 5.96 Å². The Balaban J connectivity index is 0.000000162. The van der Waals surface area contributed by atoms with E-state index in [1.807, 2.05) is 72.8 Å². The Morgan fingerprint density at radius 2 is 1.61 bits per heavy atom. The summed E-state index contributed by atoms with van der Waals surface area (Å²) in [5.74, 6) is 0.738. The van der Waals surface area contributed by atoms with Gasteiger partial charge in [-0.3, -0.25) is 4.99 Å². The van der Waals surface area contributed by atoms with Crippen LogP contribution in [0.1, 0.15) is 36.8 Å². The van der Waals surface area contributed by atoms with Gasteiger partial charge in [0, 0.05) is 13.1 Å². The number of nitrogens with zero attached hydrogens (tertiary/aromatic N) is 4. The maximum atomic E-state index is 11.5. The maximum Gasteiger partial charge on any atom is 0.196 e. The number of aliphatic hydroxyl groups is 1. The van der Waals surface area contributed by atoms with Crippen molar-refractivity contribution in [1.82, 2.24) is 19.0 Å². The van der Waals surface area contributed by atoms with Gasteiger partial charge in [0.1, 0.15) is 16.6 Å². The second-order valence-electron chi connectivity index (χ2n) is 9.58. The van der Waals surface area contributed by atoms with E-state index >= 15 is 0 Å². The summed E-state index contributed by atoms with van der Waals surface area (Å²) in [6, 6.07) is 23.8. The molecule has 4 aromatic rings. The van der Waals surface area contributed by atoms with Crippen molar-refractivity contribution in [2.24, 2.45) is 4.99 Å². The Labute approximate surface area is 232 Å². The Hall–Kier alpha value is -3.04. The lowest BCUT2D eigenvalue weighted by molar-refractivity contribution is 0.0546. The molecule has 6 rings (SSSR count). The fraction of sp³-hybridized carbons (Fsp3) is 0.345. The summed E-state index contributed by atoms with van der Waals surface area (Å²) in [6.45, 7) is 4.91. The average molecular weight is 549 g/mol. The molecule has 2 aliphatic rings. The molecule has 7 nitrogen and oxygen atoms in total. The molecule has 0 amide bonds. The van der Waals surface area contributed by atoms with E-state index < -0.39 is 5.60 Å². The van der Waals surface area contributed by atoms with Crippen LogP contribution in [0.25, 0.3) is 11.0 Å². The van der Waals surface area contributed by atoms with Gasteiger partial charge in [-0.25, -0.2) is 0 Å². The first-order chi connectivity index (χ1) is 18.6. The summed E-state index contributed by atoms with van der Waals surface area (Å²) < 4.78 is 8.39. The van der Waals surface area contributed by atoms with Crippen LogP contribution < -0.4 is 10.6 Å². The highest BCUT2D eigenvalue weighted by molar-refractivity contribution is 7.00. The molecule has 3 aromatic carbocycles. The second-order valence-corrected chi connectivity index (χ2v) is 10.5. The number of likely N-dealkylation sites (tertiary alicyclic amines) is 1. The molecule has 0 aliphatic carbocycles. The molecule has 198 valence electrons. The van der Waals surface area contributed by atoms with Gasteiger partial charge in [-0.1, -0.05) is 78.7 Å². The van der Waals surface area contributed by atoms with Crippen LogP contribution in [0.4, 0.5) is 5.69 Å². The minimum atomic E-state index is -0.903. The van der Waals surface area contributed by atoms with E-state index in [0.29, 0.717) is 5.02 Å². The second kappa shape index (κ2) is 12.7. The zero-order chi connectivity index (χ0) is 26.2. The van der Waals surface area contributed by atoms with Gasteiger partial charge < -0.3 is 20.6 Å². The van der Waals surface area contributed by atoms with E-state index in [1.54, 1.807) is 0 Å². The molecule has 1 aromatic heterocycles. The monoisotopic (exact) mass is 548 g/mol. The fourth-order valence-electron chi connectivity index (χ4n) is 4.93. The van der Waals surface area contributed by atoms with Crippen LogP contribution in [-0.2, 0) is 5.60 Å². The number of aromatic nitrogens is 2. The Kier molecular flexibility index (Phi) is 8.86. The van der Waals surface area contributed by atoms with Gasteiger partial charge in [0.05, 0.1) is 29.0 Å². The van der Waals surface area contributed by atoms with Crippen molar-refractivity contribution in [3.05, 3.63) is 88.9 Å². The number of fused-ring (bicyclic) bond motifs is 1. The average Bonchev–Trinajstić information content (AvgIpc) is 3.68. The molecule has 38 heavy (non-hydrogen) atoms. The first kappa shape index (κ1) is 26.6. The standard InChI is InChI=1S/C20H25NO.C9H8ClN5S/c22-20(18-10-4-1-5-11-18,19-12-6-2-7-13-19)14-17-21-15-8-3-9-16-21;10-5-1-2-6-8(15-16-14-6)7(5)13-9-11-3-4-12-9/h1-2,4-7,10-13,22H,3,8-9,14-17H2;1-2H,3-4H2,(H2,11,12,13). The lowest BCUT2D eigenvalue weighted by atomic mass is 9.83. The number of benzene rings is 3. The van der Waals surface area contributed by atoms with Crippen molar-refractivity contribution < 1.29 is 5.11 Å². The topological polar surface area (TPSA) is 85.7 Å². The van der Waals surface area contributed by atoms with E-state index in [9.17, 15) is 5.11 Å². The van der Waals surface area contributed by atoms with Gasteiger partial charge in [0.25, 0.3) is 0 Å². The quantitative estimate of drug-likeness (QED) is 0.294. The first-order valence-electron chi connectivity index (χ1n) is 13.2. The Morgan fingerprint density at radius 1 is 0.921 bits per heavy atom. The molecule has 0 spiro atoms. The lowest BCUT2D eigenvalue weighted by Gasteiger charge is -2.33. The summed E-state index contributed by atoms with van der Waals surface area (Å²) in [4.78, 5) is 6.74. The zero-order valence-corrected chi connectivity index (χ0v) is 22.9. The predicted octanol–water partition coefficient (Wildman–Crippen LogP) is 5.51. The first-order valence-corrected chi connectivity index (χ1v) is 14.3. The summed E-state index contributed by atoms with van der Waals surface area (Å²) >= 11 is 7.30. The van der Waals surface area contributed by atoms with Gasteiger partial charge in [0.2, 0.25) is 0 Å². The molecule has 0 unspecified atom stereocenters. The van der Waals surface area contributed by atoms with E-state index in [4.69, 9.17) is 11.6 Å². The minimum absolute atomic E-state index is 0.622. The molecular weight excluding hydrogens is 516 g/mol. The number of halogens is 1. The van der Waals surface area contributed by atoms with Crippen LogP contribution in [0.3, 0.4) is 0 Å².